The predicted molar refractivity (Wildman–Crippen MR) is 76.7 cm³/mol. The second-order valence-electron chi connectivity index (χ2n) is 4.60. The third-order valence-corrected chi connectivity index (χ3v) is 3.29. The minimum absolute atomic E-state index is 0.110. The van der Waals surface area contributed by atoms with Crippen LogP contribution in [0, 0.1) is 13.8 Å². The number of hydrogen-bond donors (Lipinski definition) is 2. The molecule has 2 N–H and O–H groups in total. The summed E-state index contributed by atoms with van der Waals surface area (Å²) in [5.41, 5.74) is 3.62. The third kappa shape index (κ3) is 2.54. The van der Waals surface area contributed by atoms with Crippen molar-refractivity contribution in [2.24, 2.45) is 5.16 Å². The van der Waals surface area contributed by atoms with Crippen molar-refractivity contribution < 1.29 is 15.1 Å². The normalized spacial score (nSPS) is 11.4. The first-order valence-corrected chi connectivity index (χ1v) is 6.17. The van der Waals surface area contributed by atoms with Gasteiger partial charge in [0.15, 0.2) is 0 Å². The standard InChI is InChI=1S/C16H15NO3/c1-10-7-8-12(9-11(10)2)15(17-20)13-5-3-4-6-14(13)16(18)19/h3-9,20H,1-2H3,(H,18,19)/b17-15+. The Labute approximate surface area is 117 Å². The summed E-state index contributed by atoms with van der Waals surface area (Å²) in [4.78, 5) is 11.3. The van der Waals surface area contributed by atoms with Crippen molar-refractivity contribution in [2.75, 3.05) is 0 Å². The molecule has 0 atom stereocenters. The lowest BCUT2D eigenvalue weighted by Gasteiger charge is -2.10. The van der Waals surface area contributed by atoms with Crippen LogP contribution < -0.4 is 0 Å². The van der Waals surface area contributed by atoms with Crippen LogP contribution in [0.25, 0.3) is 0 Å². The van der Waals surface area contributed by atoms with Gasteiger partial charge in [-0.05, 0) is 37.1 Å². The minimum atomic E-state index is -1.05. The summed E-state index contributed by atoms with van der Waals surface area (Å²) in [5, 5.41) is 21.8. The van der Waals surface area contributed by atoms with Crippen LogP contribution in [0.4, 0.5) is 0 Å². The Morgan fingerprint density at radius 1 is 1.00 bits per heavy atom. The van der Waals surface area contributed by atoms with E-state index in [-0.39, 0.29) is 11.3 Å². The number of aromatic carboxylic acids is 1. The number of oxime groups is 1. The summed E-state index contributed by atoms with van der Waals surface area (Å²) in [5.74, 6) is -1.05. The van der Waals surface area contributed by atoms with Gasteiger partial charge in [0.1, 0.15) is 5.71 Å². The lowest BCUT2D eigenvalue weighted by molar-refractivity contribution is 0.0696. The molecule has 102 valence electrons. The highest BCUT2D eigenvalue weighted by Crippen LogP contribution is 2.18. The molecule has 0 amide bonds. The molecule has 2 aromatic rings. The fourth-order valence-electron chi connectivity index (χ4n) is 2.03. The summed E-state index contributed by atoms with van der Waals surface area (Å²) in [6, 6.07) is 12.1. The fourth-order valence-corrected chi connectivity index (χ4v) is 2.03. The van der Waals surface area contributed by atoms with Gasteiger partial charge in [0.2, 0.25) is 0 Å². The molecule has 0 radical (unpaired) electrons. The summed E-state index contributed by atoms with van der Waals surface area (Å²) in [6.07, 6.45) is 0. The Morgan fingerprint density at radius 2 is 1.65 bits per heavy atom. The van der Waals surface area contributed by atoms with E-state index in [1.807, 2.05) is 32.0 Å². The molecule has 0 unspecified atom stereocenters. The Hall–Kier alpha value is -2.62. The Balaban J connectivity index is 2.59. The summed E-state index contributed by atoms with van der Waals surface area (Å²) < 4.78 is 0. The van der Waals surface area contributed by atoms with Crippen LogP contribution in [-0.2, 0) is 0 Å². The number of carboxylic acids is 1. The van der Waals surface area contributed by atoms with E-state index in [9.17, 15) is 15.1 Å². The SMILES string of the molecule is Cc1ccc(/C(=N\O)c2ccccc2C(=O)O)cc1C. The average Bonchev–Trinajstić information content (AvgIpc) is 2.44. The third-order valence-electron chi connectivity index (χ3n) is 3.29. The summed E-state index contributed by atoms with van der Waals surface area (Å²) in [7, 11) is 0. The van der Waals surface area contributed by atoms with Gasteiger partial charge in [-0.25, -0.2) is 4.79 Å². The summed E-state index contributed by atoms with van der Waals surface area (Å²) >= 11 is 0. The molecule has 0 aliphatic heterocycles. The molecule has 0 heterocycles. The number of nitrogens with zero attached hydrogens (tertiary/aromatic N) is 1. The first-order valence-electron chi connectivity index (χ1n) is 6.17. The monoisotopic (exact) mass is 269 g/mol. The van der Waals surface area contributed by atoms with E-state index >= 15 is 0 Å². The van der Waals surface area contributed by atoms with E-state index in [1.54, 1.807) is 18.2 Å². The molecule has 0 bridgehead atoms. The van der Waals surface area contributed by atoms with Crippen LogP contribution in [-0.4, -0.2) is 22.0 Å². The van der Waals surface area contributed by atoms with Gasteiger partial charge in [0, 0.05) is 11.1 Å². The molecule has 0 fully saturated rings. The molecule has 4 nitrogen and oxygen atoms in total. The van der Waals surface area contributed by atoms with Crippen LogP contribution in [0.5, 0.6) is 0 Å². The van der Waals surface area contributed by atoms with Gasteiger partial charge < -0.3 is 10.3 Å². The van der Waals surface area contributed by atoms with Crippen molar-refractivity contribution in [1.82, 2.24) is 0 Å². The Kier molecular flexibility index (Phi) is 3.84. The Bertz CT molecular complexity index is 690. The zero-order valence-electron chi connectivity index (χ0n) is 11.3. The number of hydrogen-bond acceptors (Lipinski definition) is 3. The Morgan fingerprint density at radius 3 is 2.20 bits per heavy atom. The quantitative estimate of drug-likeness (QED) is 0.510. The molecule has 0 saturated heterocycles. The van der Waals surface area contributed by atoms with Crippen LogP contribution in [0.1, 0.15) is 32.6 Å². The van der Waals surface area contributed by atoms with Crippen LogP contribution in [0.15, 0.2) is 47.6 Å². The van der Waals surface area contributed by atoms with Gasteiger partial charge in [0.05, 0.1) is 5.56 Å². The van der Waals surface area contributed by atoms with Crippen molar-refractivity contribution in [3.05, 3.63) is 70.3 Å². The maximum atomic E-state index is 11.3. The largest absolute Gasteiger partial charge is 0.478 e. The molecule has 0 aliphatic carbocycles. The second kappa shape index (κ2) is 5.57. The van der Waals surface area contributed by atoms with E-state index in [1.165, 1.54) is 6.07 Å². The molecule has 0 aliphatic rings. The number of carbonyl (C=O) groups is 1. The van der Waals surface area contributed by atoms with Crippen LogP contribution >= 0.6 is 0 Å². The van der Waals surface area contributed by atoms with Gasteiger partial charge in [0.25, 0.3) is 0 Å². The molecule has 20 heavy (non-hydrogen) atoms. The van der Waals surface area contributed by atoms with Crippen molar-refractivity contribution >= 4 is 11.7 Å². The fraction of sp³-hybridized carbons (Fsp3) is 0.125. The zero-order chi connectivity index (χ0) is 14.7. The molecule has 4 heteroatoms. The van der Waals surface area contributed by atoms with Crippen molar-refractivity contribution in [2.45, 2.75) is 13.8 Å². The molecular weight excluding hydrogens is 254 g/mol. The molecule has 0 aromatic heterocycles. The van der Waals surface area contributed by atoms with Crippen molar-refractivity contribution in [3.8, 4) is 0 Å². The van der Waals surface area contributed by atoms with E-state index in [2.05, 4.69) is 5.16 Å². The molecular formula is C16H15NO3. The van der Waals surface area contributed by atoms with Gasteiger partial charge in [-0.15, -0.1) is 0 Å². The number of aryl methyl sites for hydroxylation is 2. The number of rotatable bonds is 3. The predicted octanol–water partition coefficient (Wildman–Crippen LogP) is 3.23. The number of benzene rings is 2. The minimum Gasteiger partial charge on any atom is -0.478 e. The van der Waals surface area contributed by atoms with E-state index in [0.717, 1.165) is 11.1 Å². The van der Waals surface area contributed by atoms with Crippen LogP contribution in [0.2, 0.25) is 0 Å². The van der Waals surface area contributed by atoms with E-state index in [4.69, 9.17) is 0 Å². The highest BCUT2D eigenvalue weighted by molar-refractivity contribution is 6.17. The van der Waals surface area contributed by atoms with Gasteiger partial charge in [-0.3, -0.25) is 0 Å². The van der Waals surface area contributed by atoms with Gasteiger partial charge >= 0.3 is 5.97 Å². The van der Waals surface area contributed by atoms with Gasteiger partial charge in [-0.1, -0.05) is 35.5 Å². The smallest absolute Gasteiger partial charge is 0.336 e. The highest BCUT2D eigenvalue weighted by atomic mass is 16.4. The molecule has 0 spiro atoms. The topological polar surface area (TPSA) is 69.9 Å². The van der Waals surface area contributed by atoms with Crippen LogP contribution in [0.3, 0.4) is 0 Å². The first kappa shape index (κ1) is 13.8. The number of carboxylic acid groups (broad SMARTS) is 1. The van der Waals surface area contributed by atoms with E-state index in [0.29, 0.717) is 11.1 Å². The average molecular weight is 269 g/mol. The van der Waals surface area contributed by atoms with E-state index < -0.39 is 5.97 Å². The van der Waals surface area contributed by atoms with Crippen molar-refractivity contribution in [3.63, 3.8) is 0 Å². The molecule has 2 aromatic carbocycles. The zero-order valence-corrected chi connectivity index (χ0v) is 11.3. The second-order valence-corrected chi connectivity index (χ2v) is 4.60. The summed E-state index contributed by atoms with van der Waals surface area (Å²) in [6.45, 7) is 3.94. The lowest BCUT2D eigenvalue weighted by atomic mass is 9.95. The van der Waals surface area contributed by atoms with Crippen molar-refractivity contribution in [1.29, 1.82) is 0 Å². The maximum absolute atomic E-state index is 11.3. The lowest BCUT2D eigenvalue weighted by Crippen LogP contribution is -2.11. The van der Waals surface area contributed by atoms with Gasteiger partial charge in [-0.2, -0.15) is 0 Å². The highest BCUT2D eigenvalue weighted by Gasteiger charge is 2.16. The molecule has 2 rings (SSSR count). The molecule has 0 saturated carbocycles. The maximum Gasteiger partial charge on any atom is 0.336 e. The first-order chi connectivity index (χ1) is 9.54.